The first-order valence-corrected chi connectivity index (χ1v) is 8.38. The van der Waals surface area contributed by atoms with Gasteiger partial charge in [-0.25, -0.2) is 0 Å². The number of anilines is 2. The van der Waals surface area contributed by atoms with Crippen LogP contribution >= 0.6 is 0 Å². The van der Waals surface area contributed by atoms with Gasteiger partial charge in [-0.05, 0) is 35.9 Å². The van der Waals surface area contributed by atoms with Gasteiger partial charge in [0.1, 0.15) is 11.4 Å². The molecule has 0 radical (unpaired) electrons. The van der Waals surface area contributed by atoms with Crippen LogP contribution in [0.25, 0.3) is 10.8 Å². The van der Waals surface area contributed by atoms with E-state index in [4.69, 9.17) is 11.5 Å². The Labute approximate surface area is 152 Å². The van der Waals surface area contributed by atoms with Gasteiger partial charge in [0, 0.05) is 28.6 Å². The molecule has 0 fully saturated rings. The maximum absolute atomic E-state index is 10.3. The van der Waals surface area contributed by atoms with Crippen LogP contribution in [0.2, 0.25) is 0 Å². The SMILES string of the molecule is Nc1ccc(C2(O)C=CC=CC2)cc1.Nc1cccc2c(O)cccc12. The van der Waals surface area contributed by atoms with Crippen LogP contribution in [0.15, 0.2) is 85.0 Å². The predicted octanol–water partition coefficient (Wildman–Crippen LogP) is 4.10. The third-order valence-electron chi connectivity index (χ3n) is 4.39. The predicted molar refractivity (Wildman–Crippen MR) is 108 cm³/mol. The van der Waals surface area contributed by atoms with E-state index in [-0.39, 0.29) is 5.75 Å². The lowest BCUT2D eigenvalue weighted by molar-refractivity contribution is 0.0916. The van der Waals surface area contributed by atoms with E-state index < -0.39 is 5.60 Å². The number of benzene rings is 3. The molecule has 1 aliphatic carbocycles. The van der Waals surface area contributed by atoms with E-state index in [1.54, 1.807) is 30.3 Å². The molecule has 0 saturated heterocycles. The smallest absolute Gasteiger partial charge is 0.123 e. The minimum Gasteiger partial charge on any atom is -0.507 e. The van der Waals surface area contributed by atoms with E-state index in [2.05, 4.69) is 0 Å². The highest BCUT2D eigenvalue weighted by Gasteiger charge is 2.25. The molecule has 0 spiro atoms. The van der Waals surface area contributed by atoms with Crippen molar-refractivity contribution in [3.05, 3.63) is 90.5 Å². The fourth-order valence-electron chi connectivity index (χ4n) is 2.91. The van der Waals surface area contributed by atoms with Crippen LogP contribution in [0, 0.1) is 0 Å². The van der Waals surface area contributed by atoms with Gasteiger partial charge in [-0.15, -0.1) is 0 Å². The number of rotatable bonds is 1. The summed E-state index contributed by atoms with van der Waals surface area (Å²) in [5.41, 5.74) is 12.7. The second kappa shape index (κ2) is 7.33. The van der Waals surface area contributed by atoms with Gasteiger partial charge in [-0.1, -0.05) is 54.6 Å². The molecule has 3 aromatic carbocycles. The first-order valence-electron chi connectivity index (χ1n) is 8.38. The van der Waals surface area contributed by atoms with Crippen LogP contribution in [-0.2, 0) is 5.60 Å². The van der Waals surface area contributed by atoms with Gasteiger partial charge in [0.05, 0.1) is 0 Å². The molecule has 6 N–H and O–H groups in total. The molecule has 3 aromatic rings. The molecule has 4 nitrogen and oxygen atoms in total. The first kappa shape index (κ1) is 17.6. The van der Waals surface area contributed by atoms with E-state index >= 15 is 0 Å². The summed E-state index contributed by atoms with van der Waals surface area (Å²) in [6.45, 7) is 0. The van der Waals surface area contributed by atoms with E-state index in [1.807, 2.05) is 54.6 Å². The fourth-order valence-corrected chi connectivity index (χ4v) is 2.91. The van der Waals surface area contributed by atoms with Crippen LogP contribution in [0.3, 0.4) is 0 Å². The highest BCUT2D eigenvalue weighted by Crippen LogP contribution is 2.30. The van der Waals surface area contributed by atoms with Crippen molar-refractivity contribution in [2.24, 2.45) is 0 Å². The lowest BCUT2D eigenvalue weighted by Gasteiger charge is -2.25. The normalized spacial score (nSPS) is 18.3. The number of phenolic OH excluding ortho intramolecular Hbond substituents is 1. The molecule has 0 saturated carbocycles. The Morgan fingerprint density at radius 1 is 0.808 bits per heavy atom. The average Bonchev–Trinajstić information content (AvgIpc) is 2.64. The summed E-state index contributed by atoms with van der Waals surface area (Å²) in [5, 5.41) is 21.4. The van der Waals surface area contributed by atoms with Gasteiger partial charge < -0.3 is 21.7 Å². The zero-order chi connectivity index (χ0) is 18.6. The number of fused-ring (bicyclic) bond motifs is 1. The number of allylic oxidation sites excluding steroid dienone is 2. The number of nitrogens with two attached hydrogens (primary N) is 2. The Bertz CT molecular complexity index is 920. The standard InChI is InChI=1S/C12H13NO.C10H9NO/c13-11-6-4-10(5-7-11)12(14)8-2-1-3-9-12;11-9-5-1-4-8-7(9)3-2-6-10(8)12/h1-8,14H,9,13H2;1-6,12H,11H2. The van der Waals surface area contributed by atoms with Crippen molar-refractivity contribution in [1.29, 1.82) is 0 Å². The van der Waals surface area contributed by atoms with Gasteiger partial charge in [0.25, 0.3) is 0 Å². The second-order valence-electron chi connectivity index (χ2n) is 6.26. The van der Waals surface area contributed by atoms with Crippen molar-refractivity contribution in [3.63, 3.8) is 0 Å². The van der Waals surface area contributed by atoms with Crippen molar-refractivity contribution >= 4 is 22.1 Å². The van der Waals surface area contributed by atoms with Crippen LogP contribution in [-0.4, -0.2) is 10.2 Å². The first-order chi connectivity index (χ1) is 12.5. The summed E-state index contributed by atoms with van der Waals surface area (Å²) in [4.78, 5) is 0. The summed E-state index contributed by atoms with van der Waals surface area (Å²) in [5.74, 6) is 0.278. The van der Waals surface area contributed by atoms with Crippen molar-refractivity contribution in [2.45, 2.75) is 12.0 Å². The molecular weight excluding hydrogens is 324 g/mol. The Hall–Kier alpha value is -3.24. The molecule has 1 aliphatic rings. The molecular formula is C22H22N2O2. The monoisotopic (exact) mass is 346 g/mol. The van der Waals surface area contributed by atoms with Crippen LogP contribution in [0.5, 0.6) is 5.75 Å². The summed E-state index contributed by atoms with van der Waals surface area (Å²) < 4.78 is 0. The van der Waals surface area contributed by atoms with Gasteiger partial charge in [-0.3, -0.25) is 0 Å². The van der Waals surface area contributed by atoms with E-state index in [1.165, 1.54) is 0 Å². The molecule has 4 heteroatoms. The topological polar surface area (TPSA) is 92.5 Å². The summed E-state index contributed by atoms with van der Waals surface area (Å²) in [6, 6.07) is 18.2. The molecule has 0 amide bonds. The maximum atomic E-state index is 10.3. The number of phenols is 1. The quantitative estimate of drug-likeness (QED) is 0.499. The molecule has 1 unspecified atom stereocenters. The van der Waals surface area contributed by atoms with E-state index in [9.17, 15) is 10.2 Å². The van der Waals surface area contributed by atoms with E-state index in [0.29, 0.717) is 17.8 Å². The van der Waals surface area contributed by atoms with Gasteiger partial charge in [0.2, 0.25) is 0 Å². The Morgan fingerprint density at radius 3 is 2.15 bits per heavy atom. The number of aromatic hydroxyl groups is 1. The molecule has 0 bridgehead atoms. The minimum atomic E-state index is -0.859. The fraction of sp³-hybridized carbons (Fsp3) is 0.0909. The second-order valence-corrected chi connectivity index (χ2v) is 6.26. The van der Waals surface area contributed by atoms with Crippen molar-refractivity contribution < 1.29 is 10.2 Å². The molecule has 4 rings (SSSR count). The summed E-state index contributed by atoms with van der Waals surface area (Å²) in [6.07, 6.45) is 8.17. The van der Waals surface area contributed by atoms with Crippen LogP contribution < -0.4 is 11.5 Å². The molecule has 0 aliphatic heterocycles. The van der Waals surface area contributed by atoms with Crippen LogP contribution in [0.4, 0.5) is 11.4 Å². The lowest BCUT2D eigenvalue weighted by atomic mass is 9.87. The third-order valence-corrected chi connectivity index (χ3v) is 4.39. The van der Waals surface area contributed by atoms with Crippen LogP contribution in [0.1, 0.15) is 12.0 Å². The third kappa shape index (κ3) is 3.71. The van der Waals surface area contributed by atoms with Crippen molar-refractivity contribution in [1.82, 2.24) is 0 Å². The molecule has 0 heterocycles. The molecule has 0 aromatic heterocycles. The zero-order valence-corrected chi connectivity index (χ0v) is 14.3. The number of nitrogen functional groups attached to an aromatic ring is 2. The largest absolute Gasteiger partial charge is 0.507 e. The molecule has 1 atom stereocenters. The molecule has 132 valence electrons. The lowest BCUT2D eigenvalue weighted by Crippen LogP contribution is -2.23. The maximum Gasteiger partial charge on any atom is 0.123 e. The van der Waals surface area contributed by atoms with E-state index in [0.717, 1.165) is 16.3 Å². The van der Waals surface area contributed by atoms with Crippen molar-refractivity contribution in [3.8, 4) is 5.75 Å². The van der Waals surface area contributed by atoms with Crippen molar-refractivity contribution in [2.75, 3.05) is 11.5 Å². The Balaban J connectivity index is 0.000000152. The average molecular weight is 346 g/mol. The number of hydrogen-bond acceptors (Lipinski definition) is 4. The van der Waals surface area contributed by atoms with Gasteiger partial charge in [-0.2, -0.15) is 0 Å². The Kier molecular flexibility index (Phi) is 4.96. The van der Waals surface area contributed by atoms with Gasteiger partial charge in [0.15, 0.2) is 0 Å². The number of aliphatic hydroxyl groups is 1. The summed E-state index contributed by atoms with van der Waals surface area (Å²) >= 11 is 0. The minimum absolute atomic E-state index is 0.278. The highest BCUT2D eigenvalue weighted by atomic mass is 16.3. The Morgan fingerprint density at radius 2 is 1.50 bits per heavy atom. The summed E-state index contributed by atoms with van der Waals surface area (Å²) in [7, 11) is 0. The van der Waals surface area contributed by atoms with Gasteiger partial charge >= 0.3 is 0 Å². The highest BCUT2D eigenvalue weighted by molar-refractivity contribution is 5.96. The number of hydrogen-bond donors (Lipinski definition) is 4. The zero-order valence-electron chi connectivity index (χ0n) is 14.3. The molecule has 26 heavy (non-hydrogen) atoms.